The van der Waals surface area contributed by atoms with Gasteiger partial charge in [-0.2, -0.15) is 0 Å². The summed E-state index contributed by atoms with van der Waals surface area (Å²) < 4.78 is 15.0. The van der Waals surface area contributed by atoms with Crippen LogP contribution in [0, 0.1) is 6.92 Å². The van der Waals surface area contributed by atoms with Gasteiger partial charge < -0.3 is 10.2 Å². The lowest BCUT2D eigenvalue weighted by molar-refractivity contribution is 0.116. The Morgan fingerprint density at radius 3 is 2.44 bits per heavy atom. The van der Waals surface area contributed by atoms with Gasteiger partial charge in [-0.3, -0.25) is 5.32 Å². The highest BCUT2D eigenvalue weighted by Crippen LogP contribution is 2.32. The van der Waals surface area contributed by atoms with Gasteiger partial charge in [0.05, 0.1) is 59.1 Å². The van der Waals surface area contributed by atoms with Gasteiger partial charge in [-0.1, -0.05) is 11.3 Å². The van der Waals surface area contributed by atoms with Crippen molar-refractivity contribution in [2.45, 2.75) is 41.8 Å². The first kappa shape index (κ1) is 26.7. The fourth-order valence-corrected chi connectivity index (χ4v) is 4.74. The fraction of sp³-hybridized carbons (Fsp3) is 0.450. The molecule has 1 aromatic carbocycles. The molecule has 0 bridgehead atoms. The summed E-state index contributed by atoms with van der Waals surface area (Å²) >= 11 is 1.47. The molecule has 2 amide bonds. The van der Waals surface area contributed by atoms with Crippen molar-refractivity contribution in [3.8, 4) is 10.6 Å². The van der Waals surface area contributed by atoms with E-state index in [-0.39, 0.29) is 25.3 Å². The number of halogens is 1. The minimum Gasteiger partial charge on any atom is -0.321 e. The number of aromatic nitrogens is 4. The summed E-state index contributed by atoms with van der Waals surface area (Å²) in [5, 5.41) is 20.5. The average Bonchev–Trinajstić information content (AvgIpc) is 3.22. The first-order chi connectivity index (χ1) is 16.8. The quantitative estimate of drug-likeness (QED) is 0.492. The Hall–Kier alpha value is -2.33. The summed E-state index contributed by atoms with van der Waals surface area (Å²) in [7, 11) is 34.3. The van der Waals surface area contributed by atoms with E-state index in [0.717, 1.165) is 21.0 Å². The first-order valence-electron chi connectivity index (χ1n) is 11.1. The molecule has 3 heterocycles. The van der Waals surface area contributed by atoms with Gasteiger partial charge in [0.2, 0.25) is 0 Å². The Labute approximate surface area is 220 Å². The van der Waals surface area contributed by atoms with Crippen LogP contribution in [0.3, 0.4) is 0 Å². The number of benzene rings is 1. The number of likely N-dealkylation sites (tertiary alicyclic amines) is 1. The molecule has 0 spiro atoms. The van der Waals surface area contributed by atoms with Crippen molar-refractivity contribution < 1.29 is 9.18 Å². The largest absolute Gasteiger partial charge is 0.323 e. The molecule has 0 saturated carbocycles. The summed E-state index contributed by atoms with van der Waals surface area (Å²) in [6, 6.07) is 4.79. The Balaban J connectivity index is 1.41. The number of carbonyl (C=O) groups is 1. The van der Waals surface area contributed by atoms with E-state index in [1.165, 1.54) is 16.2 Å². The molecule has 4 rings (SSSR count). The van der Waals surface area contributed by atoms with Gasteiger partial charge in [0, 0.05) is 23.5 Å². The van der Waals surface area contributed by atoms with Gasteiger partial charge in [0.1, 0.15) is 16.2 Å². The second kappa shape index (κ2) is 10.2. The molecule has 2 atom stereocenters. The maximum atomic E-state index is 15.0. The topological polar surface area (TPSA) is 95.9 Å². The van der Waals surface area contributed by atoms with Crippen molar-refractivity contribution in [1.82, 2.24) is 30.6 Å². The van der Waals surface area contributed by atoms with E-state index in [9.17, 15) is 9.18 Å². The van der Waals surface area contributed by atoms with E-state index in [4.69, 9.17) is 47.1 Å². The molecule has 1 aliphatic rings. The van der Waals surface area contributed by atoms with E-state index in [0.29, 0.717) is 5.52 Å². The maximum absolute atomic E-state index is 15.0. The number of aryl methyl sites for hydroxylation is 1. The Morgan fingerprint density at radius 1 is 1.11 bits per heavy atom. The minimum absolute atomic E-state index is 0.211. The molecular formula is C20H18B6FN7OS. The number of hydrogen-bond acceptors (Lipinski definition) is 7. The number of rotatable bonds is 6. The summed E-state index contributed by atoms with van der Waals surface area (Å²) in [6.45, 7) is 1.89. The SMILES string of the molecule is [B]C([B])([B])C(N[C@H]1CCN(C(=O)Nc2cc3cc(-c4nnc(C)s4)ccc3nn2)C[C@@H]1F)C([B])([B])[B]. The van der Waals surface area contributed by atoms with Gasteiger partial charge in [0.25, 0.3) is 0 Å². The molecule has 1 aliphatic heterocycles. The third kappa shape index (κ3) is 6.14. The number of urea groups is 1. The smallest absolute Gasteiger partial charge is 0.321 e. The molecule has 12 radical (unpaired) electrons. The Kier molecular flexibility index (Phi) is 7.57. The summed E-state index contributed by atoms with van der Waals surface area (Å²) in [6.07, 6.45) is -1.28. The second-order valence-electron chi connectivity index (χ2n) is 9.02. The van der Waals surface area contributed by atoms with Gasteiger partial charge in [-0.15, -0.1) is 30.6 Å². The van der Waals surface area contributed by atoms with Crippen LogP contribution in [0.2, 0.25) is 10.2 Å². The van der Waals surface area contributed by atoms with E-state index in [2.05, 4.69) is 31.0 Å². The van der Waals surface area contributed by atoms with E-state index in [1.54, 1.807) is 6.07 Å². The van der Waals surface area contributed by atoms with E-state index < -0.39 is 34.5 Å². The first-order valence-corrected chi connectivity index (χ1v) is 11.9. The lowest BCUT2D eigenvalue weighted by atomic mass is 9.27. The summed E-state index contributed by atoms with van der Waals surface area (Å²) in [5.41, 5.74) is 1.52. The van der Waals surface area contributed by atoms with Gasteiger partial charge >= 0.3 is 6.03 Å². The van der Waals surface area contributed by atoms with Gasteiger partial charge in [-0.25, -0.2) is 9.18 Å². The molecule has 2 N–H and O–H groups in total. The Bertz CT molecular complexity index is 1240. The molecule has 2 aromatic heterocycles. The van der Waals surface area contributed by atoms with Crippen LogP contribution in [0.4, 0.5) is 15.0 Å². The number of amides is 2. The highest BCUT2D eigenvalue weighted by molar-refractivity contribution is 7.14. The zero-order valence-electron chi connectivity index (χ0n) is 19.6. The van der Waals surface area contributed by atoms with Crippen molar-refractivity contribution in [3.05, 3.63) is 29.3 Å². The van der Waals surface area contributed by atoms with Crippen molar-refractivity contribution in [3.63, 3.8) is 0 Å². The molecule has 1 fully saturated rings. The fourth-order valence-electron chi connectivity index (χ4n) is 4.05. The third-order valence-electron chi connectivity index (χ3n) is 5.80. The van der Waals surface area contributed by atoms with Gasteiger partial charge in [0.15, 0.2) is 5.82 Å². The number of carbonyl (C=O) groups excluding carboxylic acids is 1. The zero-order chi connectivity index (χ0) is 26.3. The summed E-state index contributed by atoms with van der Waals surface area (Å²) in [5.74, 6) is 0.229. The van der Waals surface area contributed by atoms with Gasteiger partial charge in [-0.05, 0) is 43.7 Å². The number of anilines is 1. The average molecular weight is 488 g/mol. The van der Waals surface area contributed by atoms with Crippen molar-refractivity contribution in [2.24, 2.45) is 0 Å². The standard InChI is InChI=1S/C20H18B6FN7OS/c1-9-30-33-16(36-9)10-2-3-13-11(6-10)7-15(32-31-13)29-18(35)34-5-4-14(12(27)8-34)28-17(19(21,22)23)20(24,25)26/h2-3,6-7,12,14,17,28H,4-5,8H2,1H3,(H,29,32,35)/t12-,14-/m0/s1. The van der Waals surface area contributed by atoms with Crippen LogP contribution >= 0.6 is 11.3 Å². The van der Waals surface area contributed by atoms with Crippen LogP contribution < -0.4 is 10.6 Å². The molecule has 0 unspecified atom stereocenters. The highest BCUT2D eigenvalue weighted by Gasteiger charge is 2.38. The van der Waals surface area contributed by atoms with Crippen LogP contribution in [-0.2, 0) is 0 Å². The molecule has 16 heteroatoms. The van der Waals surface area contributed by atoms with E-state index in [1.807, 2.05) is 25.1 Å². The van der Waals surface area contributed by atoms with Crippen LogP contribution in [0.5, 0.6) is 0 Å². The molecule has 170 valence electrons. The molecule has 0 aliphatic carbocycles. The molecule has 3 aromatic rings. The second-order valence-corrected chi connectivity index (χ2v) is 10.2. The monoisotopic (exact) mass is 489 g/mol. The number of piperidine rings is 1. The van der Waals surface area contributed by atoms with Crippen molar-refractivity contribution in [1.29, 1.82) is 0 Å². The van der Waals surface area contributed by atoms with Crippen LogP contribution in [0.25, 0.3) is 21.5 Å². The predicted molar refractivity (Wildman–Crippen MR) is 144 cm³/mol. The third-order valence-corrected chi connectivity index (χ3v) is 6.69. The lowest BCUT2D eigenvalue weighted by Crippen LogP contribution is -2.60. The molecular weight excluding hydrogens is 470 g/mol. The number of alkyl halides is 1. The molecule has 8 nitrogen and oxygen atoms in total. The molecule has 36 heavy (non-hydrogen) atoms. The predicted octanol–water partition coefficient (Wildman–Crippen LogP) is 0.518. The van der Waals surface area contributed by atoms with Crippen molar-refractivity contribution >= 4 is 81.2 Å². The number of hydrogen-bond donors (Lipinski definition) is 2. The highest BCUT2D eigenvalue weighted by atomic mass is 32.1. The van der Waals surface area contributed by atoms with Crippen molar-refractivity contribution in [2.75, 3.05) is 18.4 Å². The maximum Gasteiger partial charge on any atom is 0.323 e. The van der Waals surface area contributed by atoms with Crippen LogP contribution in [-0.4, -0.2) is 110 Å². The minimum atomic E-state index is -1.89. The van der Waals surface area contributed by atoms with E-state index >= 15 is 0 Å². The Morgan fingerprint density at radius 2 is 1.83 bits per heavy atom. The summed E-state index contributed by atoms with van der Waals surface area (Å²) in [4.78, 5) is 14.1. The van der Waals surface area contributed by atoms with Crippen LogP contribution in [0.1, 0.15) is 11.4 Å². The number of fused-ring (bicyclic) bond motifs is 1. The normalized spacial score (nSPS) is 19.0. The molecule has 1 saturated heterocycles. The lowest BCUT2D eigenvalue weighted by Gasteiger charge is -2.48. The number of nitrogens with one attached hydrogen (secondary N) is 2. The number of nitrogens with zero attached hydrogens (tertiary/aromatic N) is 5. The zero-order valence-corrected chi connectivity index (χ0v) is 20.4. The van der Waals surface area contributed by atoms with Crippen LogP contribution in [0.15, 0.2) is 24.3 Å².